The van der Waals surface area contributed by atoms with Gasteiger partial charge in [-0.3, -0.25) is 0 Å². The first-order chi connectivity index (χ1) is 6.59. The first kappa shape index (κ1) is 9.96. The summed E-state index contributed by atoms with van der Waals surface area (Å²) >= 11 is 5.80. The third-order valence-corrected chi connectivity index (χ3v) is 4.27. The van der Waals surface area contributed by atoms with Gasteiger partial charge in [0, 0.05) is 18.1 Å². The highest BCUT2D eigenvalue weighted by Gasteiger charge is 2.21. The zero-order chi connectivity index (χ0) is 10.2. The van der Waals surface area contributed by atoms with Crippen LogP contribution in [0.2, 0.25) is 5.02 Å². The van der Waals surface area contributed by atoms with Crippen LogP contribution in [0.3, 0.4) is 0 Å². The third-order valence-electron chi connectivity index (χ3n) is 2.22. The second-order valence-electron chi connectivity index (χ2n) is 3.25. The van der Waals surface area contributed by atoms with E-state index in [4.69, 9.17) is 11.6 Å². The highest BCUT2D eigenvalue weighted by molar-refractivity contribution is 7.91. The molecule has 1 N–H and O–H groups in total. The van der Waals surface area contributed by atoms with Crippen molar-refractivity contribution in [1.29, 1.82) is 0 Å². The smallest absolute Gasteiger partial charge is 0.179 e. The fourth-order valence-electron chi connectivity index (χ4n) is 1.53. The molecule has 1 aromatic carbocycles. The lowest BCUT2D eigenvalue weighted by Crippen LogP contribution is -2.17. The lowest BCUT2D eigenvalue weighted by atomic mass is 10.2. The Hall–Kier alpha value is -0.580. The maximum Gasteiger partial charge on any atom is 0.179 e. The standard InChI is InChI=1S/C9H10ClNO2S/c10-8-1-2-9-7(5-8)6-11-3-4-14(9,12)13/h1-2,5,11H,3-4,6H2. The van der Waals surface area contributed by atoms with Crippen molar-refractivity contribution in [2.45, 2.75) is 11.4 Å². The second kappa shape index (κ2) is 3.53. The molecular weight excluding hydrogens is 222 g/mol. The minimum atomic E-state index is -3.12. The number of halogens is 1. The first-order valence-electron chi connectivity index (χ1n) is 4.31. The van der Waals surface area contributed by atoms with E-state index in [1.54, 1.807) is 18.2 Å². The summed E-state index contributed by atoms with van der Waals surface area (Å²) in [6.45, 7) is 1.06. The third kappa shape index (κ3) is 1.78. The molecule has 0 spiro atoms. The zero-order valence-electron chi connectivity index (χ0n) is 7.46. The summed E-state index contributed by atoms with van der Waals surface area (Å²) in [5.41, 5.74) is 0.759. The van der Waals surface area contributed by atoms with Gasteiger partial charge in [0.05, 0.1) is 10.6 Å². The van der Waals surface area contributed by atoms with E-state index in [9.17, 15) is 8.42 Å². The molecule has 2 rings (SSSR count). The van der Waals surface area contributed by atoms with Gasteiger partial charge in [-0.25, -0.2) is 8.42 Å². The minimum Gasteiger partial charge on any atom is -0.312 e. The molecule has 1 heterocycles. The van der Waals surface area contributed by atoms with E-state index in [1.807, 2.05) is 0 Å². The number of rotatable bonds is 0. The van der Waals surface area contributed by atoms with Gasteiger partial charge >= 0.3 is 0 Å². The molecule has 0 saturated carbocycles. The average Bonchev–Trinajstić information content (AvgIpc) is 2.25. The van der Waals surface area contributed by atoms with Crippen molar-refractivity contribution in [2.24, 2.45) is 0 Å². The Morgan fingerprint density at radius 1 is 1.36 bits per heavy atom. The van der Waals surface area contributed by atoms with Crippen molar-refractivity contribution in [3.8, 4) is 0 Å². The fourth-order valence-corrected chi connectivity index (χ4v) is 3.16. The van der Waals surface area contributed by atoms with E-state index in [0.717, 1.165) is 5.56 Å². The van der Waals surface area contributed by atoms with E-state index < -0.39 is 9.84 Å². The van der Waals surface area contributed by atoms with Crippen molar-refractivity contribution < 1.29 is 8.42 Å². The number of hydrogen-bond acceptors (Lipinski definition) is 3. The summed E-state index contributed by atoms with van der Waals surface area (Å²) in [5, 5.41) is 3.62. The van der Waals surface area contributed by atoms with Crippen LogP contribution < -0.4 is 5.32 Å². The normalized spacial score (nSPS) is 19.8. The van der Waals surface area contributed by atoms with Crippen LogP contribution in [0.25, 0.3) is 0 Å². The highest BCUT2D eigenvalue weighted by atomic mass is 35.5. The molecule has 0 aromatic heterocycles. The van der Waals surface area contributed by atoms with Crippen LogP contribution in [-0.4, -0.2) is 20.7 Å². The Morgan fingerprint density at radius 2 is 2.14 bits per heavy atom. The molecule has 1 aliphatic heterocycles. The Morgan fingerprint density at radius 3 is 2.93 bits per heavy atom. The van der Waals surface area contributed by atoms with E-state index >= 15 is 0 Å². The number of hydrogen-bond donors (Lipinski definition) is 1. The molecule has 0 unspecified atom stereocenters. The predicted octanol–water partition coefficient (Wildman–Crippen LogP) is 1.22. The predicted molar refractivity (Wildman–Crippen MR) is 55.2 cm³/mol. The Kier molecular flexibility index (Phi) is 2.51. The summed E-state index contributed by atoms with van der Waals surface area (Å²) in [6.07, 6.45) is 0. The van der Waals surface area contributed by atoms with Crippen molar-refractivity contribution in [3.05, 3.63) is 28.8 Å². The van der Waals surface area contributed by atoms with Gasteiger partial charge in [-0.2, -0.15) is 0 Å². The summed E-state index contributed by atoms with van der Waals surface area (Å²) in [4.78, 5) is 0.409. The van der Waals surface area contributed by atoms with E-state index in [2.05, 4.69) is 5.32 Å². The van der Waals surface area contributed by atoms with E-state index in [1.165, 1.54) is 0 Å². The summed E-state index contributed by atoms with van der Waals surface area (Å²) in [7, 11) is -3.12. The first-order valence-corrected chi connectivity index (χ1v) is 6.34. The lowest BCUT2D eigenvalue weighted by Gasteiger charge is -2.05. The quantitative estimate of drug-likeness (QED) is 0.730. The maximum absolute atomic E-state index is 11.7. The van der Waals surface area contributed by atoms with Gasteiger partial charge in [0.1, 0.15) is 0 Å². The van der Waals surface area contributed by atoms with Gasteiger partial charge in [-0.1, -0.05) is 11.6 Å². The molecule has 1 aliphatic rings. The number of fused-ring (bicyclic) bond motifs is 1. The molecular formula is C9H10ClNO2S. The monoisotopic (exact) mass is 231 g/mol. The molecule has 0 bridgehead atoms. The maximum atomic E-state index is 11.7. The van der Waals surface area contributed by atoms with Gasteiger partial charge < -0.3 is 5.32 Å². The number of nitrogens with one attached hydrogen (secondary N) is 1. The van der Waals surface area contributed by atoms with Crippen LogP contribution in [0.5, 0.6) is 0 Å². The van der Waals surface area contributed by atoms with Crippen LogP contribution >= 0.6 is 11.6 Å². The summed E-state index contributed by atoms with van der Waals surface area (Å²) < 4.78 is 23.4. The molecule has 0 saturated heterocycles. The van der Waals surface area contributed by atoms with Crippen LogP contribution in [0.15, 0.2) is 23.1 Å². The molecule has 0 amide bonds. The average molecular weight is 232 g/mol. The van der Waals surface area contributed by atoms with Crippen molar-refractivity contribution >= 4 is 21.4 Å². The Labute approximate surface area is 88.0 Å². The number of sulfone groups is 1. The van der Waals surface area contributed by atoms with Gasteiger partial charge in [-0.15, -0.1) is 0 Å². The number of benzene rings is 1. The topological polar surface area (TPSA) is 46.2 Å². The molecule has 0 radical (unpaired) electrons. The van der Waals surface area contributed by atoms with Crippen LogP contribution in [0.1, 0.15) is 5.56 Å². The Bertz CT molecular complexity index is 456. The SMILES string of the molecule is O=S1(=O)CCNCc2cc(Cl)ccc21. The molecule has 14 heavy (non-hydrogen) atoms. The van der Waals surface area contributed by atoms with Crippen molar-refractivity contribution in [1.82, 2.24) is 5.32 Å². The van der Waals surface area contributed by atoms with E-state index in [-0.39, 0.29) is 5.75 Å². The largest absolute Gasteiger partial charge is 0.312 e. The molecule has 0 atom stereocenters. The minimum absolute atomic E-state index is 0.154. The molecule has 0 fully saturated rings. The van der Waals surface area contributed by atoms with Gasteiger partial charge in [0.2, 0.25) is 0 Å². The highest BCUT2D eigenvalue weighted by Crippen LogP contribution is 2.22. The summed E-state index contributed by atoms with van der Waals surface area (Å²) in [5.74, 6) is 0.154. The zero-order valence-corrected chi connectivity index (χ0v) is 9.03. The van der Waals surface area contributed by atoms with Gasteiger partial charge in [0.15, 0.2) is 9.84 Å². The molecule has 76 valence electrons. The fraction of sp³-hybridized carbons (Fsp3) is 0.333. The van der Waals surface area contributed by atoms with Crippen LogP contribution in [-0.2, 0) is 16.4 Å². The van der Waals surface area contributed by atoms with Gasteiger partial charge in [-0.05, 0) is 23.8 Å². The Balaban J connectivity index is 2.62. The molecule has 3 nitrogen and oxygen atoms in total. The summed E-state index contributed by atoms with van der Waals surface area (Å²) in [6, 6.07) is 4.90. The second-order valence-corrected chi connectivity index (χ2v) is 5.76. The van der Waals surface area contributed by atoms with Crippen LogP contribution in [0.4, 0.5) is 0 Å². The molecule has 0 aliphatic carbocycles. The molecule has 1 aromatic rings. The van der Waals surface area contributed by atoms with Crippen molar-refractivity contribution in [2.75, 3.05) is 12.3 Å². The van der Waals surface area contributed by atoms with Gasteiger partial charge in [0.25, 0.3) is 0 Å². The van der Waals surface area contributed by atoms with E-state index in [0.29, 0.717) is 23.0 Å². The van der Waals surface area contributed by atoms with Crippen LogP contribution in [0, 0.1) is 0 Å². The molecule has 5 heteroatoms. The lowest BCUT2D eigenvalue weighted by molar-refractivity contribution is 0.595. The van der Waals surface area contributed by atoms with Crippen molar-refractivity contribution in [3.63, 3.8) is 0 Å².